The van der Waals surface area contributed by atoms with Gasteiger partial charge in [0, 0.05) is 35.6 Å². The molecule has 2 heterocycles. The topological polar surface area (TPSA) is 79.2 Å². The van der Waals surface area contributed by atoms with E-state index in [9.17, 15) is 14.9 Å². The second-order valence-corrected chi connectivity index (χ2v) is 5.54. The van der Waals surface area contributed by atoms with Gasteiger partial charge in [-0.3, -0.25) is 14.9 Å². The first kappa shape index (κ1) is 14.3. The summed E-state index contributed by atoms with van der Waals surface area (Å²) in [5, 5.41) is 10.9. The van der Waals surface area contributed by atoms with E-state index in [1.165, 1.54) is 12.1 Å². The number of carbonyl (C=O) groups is 1. The summed E-state index contributed by atoms with van der Waals surface area (Å²) < 4.78 is 0. The lowest BCUT2D eigenvalue weighted by molar-refractivity contribution is -0.385. The van der Waals surface area contributed by atoms with Gasteiger partial charge in [0.2, 0.25) is 0 Å². The molecule has 1 fully saturated rings. The number of likely N-dealkylation sites (tertiary alicyclic amines) is 1. The highest BCUT2D eigenvalue weighted by Gasteiger charge is 2.31. The number of hydrogen-bond acceptors (Lipinski definition) is 3. The van der Waals surface area contributed by atoms with Gasteiger partial charge in [0.05, 0.1) is 11.0 Å². The van der Waals surface area contributed by atoms with Gasteiger partial charge in [-0.05, 0) is 44.0 Å². The Balaban J connectivity index is 1.87. The lowest BCUT2D eigenvalue weighted by Gasteiger charge is -2.24. The zero-order chi connectivity index (χ0) is 15.7. The second kappa shape index (κ2) is 5.63. The second-order valence-electron chi connectivity index (χ2n) is 5.54. The first-order chi connectivity index (χ1) is 10.6. The van der Waals surface area contributed by atoms with Crippen molar-refractivity contribution in [3.05, 3.63) is 63.5 Å². The molecule has 22 heavy (non-hydrogen) atoms. The van der Waals surface area contributed by atoms with E-state index in [2.05, 4.69) is 4.98 Å². The number of nitro benzene ring substituents is 1. The van der Waals surface area contributed by atoms with Crippen molar-refractivity contribution in [2.45, 2.75) is 25.8 Å². The fourth-order valence-corrected chi connectivity index (χ4v) is 3.04. The van der Waals surface area contributed by atoms with E-state index in [0.717, 1.165) is 18.5 Å². The number of benzene rings is 1. The largest absolute Gasteiger partial charge is 0.363 e. The smallest absolute Gasteiger partial charge is 0.272 e. The van der Waals surface area contributed by atoms with Crippen LogP contribution in [0.4, 0.5) is 5.69 Å². The third-order valence-corrected chi connectivity index (χ3v) is 4.14. The summed E-state index contributed by atoms with van der Waals surface area (Å²) in [6.07, 6.45) is 3.74. The Hall–Kier alpha value is -2.63. The number of aryl methyl sites for hydroxylation is 1. The van der Waals surface area contributed by atoms with Gasteiger partial charge in [-0.1, -0.05) is 0 Å². The molecule has 0 unspecified atom stereocenters. The van der Waals surface area contributed by atoms with Crippen molar-refractivity contribution in [3.8, 4) is 0 Å². The van der Waals surface area contributed by atoms with E-state index in [1.807, 2.05) is 23.2 Å². The minimum absolute atomic E-state index is 0.0406. The molecule has 6 nitrogen and oxygen atoms in total. The van der Waals surface area contributed by atoms with Crippen LogP contribution in [-0.4, -0.2) is 27.3 Å². The molecule has 0 aliphatic carbocycles. The van der Waals surface area contributed by atoms with Gasteiger partial charge in [-0.25, -0.2) is 0 Å². The maximum absolute atomic E-state index is 12.7. The highest BCUT2D eigenvalue weighted by atomic mass is 16.6. The SMILES string of the molecule is Cc1cc(C(=O)N2CCC[C@@H]2c2ccc[nH]2)ccc1[N+](=O)[O-]. The highest BCUT2D eigenvalue weighted by molar-refractivity contribution is 5.95. The highest BCUT2D eigenvalue weighted by Crippen LogP contribution is 2.32. The molecule has 1 N–H and O–H groups in total. The minimum Gasteiger partial charge on any atom is -0.363 e. The summed E-state index contributed by atoms with van der Waals surface area (Å²) in [5.41, 5.74) is 2.08. The Morgan fingerprint density at radius 3 is 2.86 bits per heavy atom. The maximum atomic E-state index is 12.7. The summed E-state index contributed by atoms with van der Waals surface area (Å²) in [6, 6.07) is 8.51. The zero-order valence-corrected chi connectivity index (χ0v) is 12.3. The van der Waals surface area contributed by atoms with E-state index in [1.54, 1.807) is 13.0 Å². The van der Waals surface area contributed by atoms with E-state index in [-0.39, 0.29) is 17.6 Å². The standard InChI is InChI=1S/C16H17N3O3/c1-11-10-12(6-7-14(11)19(21)22)16(20)18-9-3-5-15(18)13-4-2-8-17-13/h2,4,6-8,10,15,17H,3,5,9H2,1H3/t15-/m1/s1. The first-order valence-corrected chi connectivity index (χ1v) is 7.27. The molecule has 6 heteroatoms. The van der Waals surface area contributed by atoms with E-state index in [4.69, 9.17) is 0 Å². The average Bonchev–Trinajstić information content (AvgIpc) is 3.16. The van der Waals surface area contributed by atoms with E-state index >= 15 is 0 Å². The molecule has 1 aromatic carbocycles. The van der Waals surface area contributed by atoms with Crippen molar-refractivity contribution < 1.29 is 9.72 Å². The predicted molar refractivity (Wildman–Crippen MR) is 81.6 cm³/mol. The summed E-state index contributed by atoms with van der Waals surface area (Å²) in [6.45, 7) is 2.36. The van der Waals surface area contributed by atoms with Crippen molar-refractivity contribution in [2.75, 3.05) is 6.54 Å². The van der Waals surface area contributed by atoms with Gasteiger partial charge in [-0.15, -0.1) is 0 Å². The molecule has 0 bridgehead atoms. The van der Waals surface area contributed by atoms with Crippen LogP contribution in [0.5, 0.6) is 0 Å². The Morgan fingerprint density at radius 2 is 2.23 bits per heavy atom. The molecular formula is C16H17N3O3. The van der Waals surface area contributed by atoms with Crippen LogP contribution in [0, 0.1) is 17.0 Å². The van der Waals surface area contributed by atoms with Gasteiger partial charge in [0.25, 0.3) is 11.6 Å². The molecule has 114 valence electrons. The number of amides is 1. The Labute approximate surface area is 127 Å². The molecule has 1 atom stereocenters. The predicted octanol–water partition coefficient (Wildman–Crippen LogP) is 3.21. The fourth-order valence-electron chi connectivity index (χ4n) is 3.04. The van der Waals surface area contributed by atoms with Crippen molar-refractivity contribution >= 4 is 11.6 Å². The first-order valence-electron chi connectivity index (χ1n) is 7.27. The van der Waals surface area contributed by atoms with Crippen molar-refractivity contribution in [1.29, 1.82) is 0 Å². The van der Waals surface area contributed by atoms with Crippen LogP contribution >= 0.6 is 0 Å². The van der Waals surface area contributed by atoms with Gasteiger partial charge >= 0.3 is 0 Å². The molecule has 0 spiro atoms. The van der Waals surface area contributed by atoms with E-state index < -0.39 is 4.92 Å². The Kier molecular flexibility index (Phi) is 3.66. The van der Waals surface area contributed by atoms with Gasteiger partial charge in [0.1, 0.15) is 0 Å². The number of aromatic nitrogens is 1. The third kappa shape index (κ3) is 2.47. The normalized spacial score (nSPS) is 17.7. The van der Waals surface area contributed by atoms with Gasteiger partial charge in [0.15, 0.2) is 0 Å². The Bertz CT molecular complexity index is 709. The number of nitro groups is 1. The van der Waals surface area contributed by atoms with Crippen LogP contribution < -0.4 is 0 Å². The van der Waals surface area contributed by atoms with Crippen LogP contribution in [0.25, 0.3) is 0 Å². The molecule has 0 radical (unpaired) electrons. The number of nitrogens with one attached hydrogen (secondary N) is 1. The van der Waals surface area contributed by atoms with Crippen molar-refractivity contribution in [2.24, 2.45) is 0 Å². The number of nitrogens with zero attached hydrogens (tertiary/aromatic N) is 2. The molecule has 1 aliphatic heterocycles. The summed E-state index contributed by atoms with van der Waals surface area (Å²) in [7, 11) is 0. The summed E-state index contributed by atoms with van der Waals surface area (Å²) in [4.78, 5) is 28.2. The number of hydrogen-bond donors (Lipinski definition) is 1. The van der Waals surface area contributed by atoms with Crippen molar-refractivity contribution in [1.82, 2.24) is 9.88 Å². The number of H-pyrrole nitrogens is 1. The van der Waals surface area contributed by atoms with Crippen LogP contribution in [-0.2, 0) is 0 Å². The zero-order valence-electron chi connectivity index (χ0n) is 12.3. The summed E-state index contributed by atoms with van der Waals surface area (Å²) in [5.74, 6) is -0.0740. The Morgan fingerprint density at radius 1 is 1.41 bits per heavy atom. The molecule has 1 saturated heterocycles. The monoisotopic (exact) mass is 299 g/mol. The third-order valence-electron chi connectivity index (χ3n) is 4.14. The van der Waals surface area contributed by atoms with Crippen molar-refractivity contribution in [3.63, 3.8) is 0 Å². The quantitative estimate of drug-likeness (QED) is 0.698. The molecule has 1 aromatic heterocycles. The average molecular weight is 299 g/mol. The molecular weight excluding hydrogens is 282 g/mol. The molecule has 1 aliphatic rings. The molecule has 1 amide bonds. The van der Waals surface area contributed by atoms with Gasteiger partial charge in [-0.2, -0.15) is 0 Å². The fraction of sp³-hybridized carbons (Fsp3) is 0.312. The molecule has 2 aromatic rings. The molecule has 3 rings (SSSR count). The minimum atomic E-state index is -0.429. The van der Waals surface area contributed by atoms with Crippen LogP contribution in [0.15, 0.2) is 36.5 Å². The summed E-state index contributed by atoms with van der Waals surface area (Å²) >= 11 is 0. The lowest BCUT2D eigenvalue weighted by atomic mass is 10.1. The lowest BCUT2D eigenvalue weighted by Crippen LogP contribution is -2.30. The number of carbonyl (C=O) groups excluding carboxylic acids is 1. The maximum Gasteiger partial charge on any atom is 0.272 e. The molecule has 0 saturated carbocycles. The van der Waals surface area contributed by atoms with E-state index in [0.29, 0.717) is 17.7 Å². The number of rotatable bonds is 3. The van der Waals surface area contributed by atoms with Gasteiger partial charge < -0.3 is 9.88 Å². The number of aromatic amines is 1. The van der Waals surface area contributed by atoms with Crippen LogP contribution in [0.3, 0.4) is 0 Å². The van der Waals surface area contributed by atoms with Crippen LogP contribution in [0.1, 0.15) is 40.5 Å². The van der Waals surface area contributed by atoms with Crippen LogP contribution in [0.2, 0.25) is 0 Å².